The first kappa shape index (κ1) is 6.81. The molecule has 0 bridgehead atoms. The first-order valence-corrected chi connectivity index (χ1v) is 3.58. The van der Waals surface area contributed by atoms with E-state index in [0.29, 0.717) is 5.56 Å². The molecule has 0 fully saturated rings. The summed E-state index contributed by atoms with van der Waals surface area (Å²) in [6.07, 6.45) is 2.71. The van der Waals surface area contributed by atoms with Gasteiger partial charge in [-0.1, -0.05) is 18.2 Å². The highest BCUT2D eigenvalue weighted by atomic mass is 14.6. The van der Waals surface area contributed by atoms with Gasteiger partial charge in [-0.25, -0.2) is 4.98 Å². The molecule has 0 saturated carbocycles. The predicted molar refractivity (Wildman–Crippen MR) is 45.3 cm³/mol. The third-order valence-corrected chi connectivity index (χ3v) is 1.70. The van der Waals surface area contributed by atoms with Crippen LogP contribution in [-0.2, 0) is 0 Å². The SMILES string of the molecule is N#Cc1cccc2cc[c]nc12. The molecule has 0 N–H and O–H groups in total. The minimum absolute atomic E-state index is 0.601. The van der Waals surface area contributed by atoms with Gasteiger partial charge in [0.25, 0.3) is 0 Å². The van der Waals surface area contributed by atoms with Gasteiger partial charge in [-0.2, -0.15) is 5.26 Å². The minimum atomic E-state index is 0.601. The van der Waals surface area contributed by atoms with Gasteiger partial charge in [0.1, 0.15) is 6.07 Å². The van der Waals surface area contributed by atoms with E-state index >= 15 is 0 Å². The molecule has 12 heavy (non-hydrogen) atoms. The normalized spacial score (nSPS) is 9.58. The van der Waals surface area contributed by atoms with Crippen molar-refractivity contribution in [3.8, 4) is 6.07 Å². The quantitative estimate of drug-likeness (QED) is 0.579. The summed E-state index contributed by atoms with van der Waals surface area (Å²) in [4.78, 5) is 4.00. The molecule has 1 radical (unpaired) electrons. The zero-order valence-corrected chi connectivity index (χ0v) is 6.28. The van der Waals surface area contributed by atoms with Gasteiger partial charge in [0.05, 0.1) is 17.3 Å². The van der Waals surface area contributed by atoms with Crippen LogP contribution in [0.3, 0.4) is 0 Å². The number of fused-ring (bicyclic) bond motifs is 1. The molecule has 0 aliphatic rings. The Morgan fingerprint density at radius 3 is 3.08 bits per heavy atom. The number of para-hydroxylation sites is 1. The molecule has 55 valence electrons. The highest BCUT2D eigenvalue weighted by Gasteiger charge is 1.98. The molecule has 2 rings (SSSR count). The highest BCUT2D eigenvalue weighted by molar-refractivity contribution is 5.83. The van der Waals surface area contributed by atoms with Crippen LogP contribution in [0.15, 0.2) is 30.3 Å². The number of hydrogen-bond acceptors (Lipinski definition) is 2. The van der Waals surface area contributed by atoms with E-state index < -0.39 is 0 Å². The summed E-state index contributed by atoms with van der Waals surface area (Å²) in [7, 11) is 0. The fourth-order valence-corrected chi connectivity index (χ4v) is 1.14. The second-order valence-electron chi connectivity index (χ2n) is 2.43. The van der Waals surface area contributed by atoms with Crippen molar-refractivity contribution in [2.75, 3.05) is 0 Å². The lowest BCUT2D eigenvalue weighted by Crippen LogP contribution is -1.82. The van der Waals surface area contributed by atoms with Crippen molar-refractivity contribution in [3.63, 3.8) is 0 Å². The number of aromatic nitrogens is 1. The Morgan fingerprint density at radius 1 is 1.33 bits per heavy atom. The topological polar surface area (TPSA) is 36.7 Å². The molecule has 0 atom stereocenters. The zero-order chi connectivity index (χ0) is 8.39. The summed E-state index contributed by atoms with van der Waals surface area (Å²) in [5.41, 5.74) is 1.33. The summed E-state index contributed by atoms with van der Waals surface area (Å²) >= 11 is 0. The lowest BCUT2D eigenvalue weighted by Gasteiger charge is -1.95. The first-order valence-electron chi connectivity index (χ1n) is 3.58. The third kappa shape index (κ3) is 0.923. The molecule has 1 aromatic heterocycles. The van der Waals surface area contributed by atoms with E-state index in [1.807, 2.05) is 18.2 Å². The predicted octanol–water partition coefficient (Wildman–Crippen LogP) is 1.91. The Hall–Kier alpha value is -1.88. The molecular formula is C10H5N2. The van der Waals surface area contributed by atoms with Gasteiger partial charge in [-0.05, 0) is 12.1 Å². The second-order valence-corrected chi connectivity index (χ2v) is 2.43. The van der Waals surface area contributed by atoms with E-state index in [9.17, 15) is 0 Å². The van der Waals surface area contributed by atoms with Crippen molar-refractivity contribution in [1.82, 2.24) is 4.98 Å². The average Bonchev–Trinajstić information content (AvgIpc) is 2.17. The fourth-order valence-electron chi connectivity index (χ4n) is 1.14. The number of rotatable bonds is 0. The smallest absolute Gasteiger partial charge is 0.101 e. The van der Waals surface area contributed by atoms with Gasteiger partial charge in [-0.3, -0.25) is 0 Å². The van der Waals surface area contributed by atoms with Crippen LogP contribution in [0.1, 0.15) is 5.56 Å². The lowest BCUT2D eigenvalue weighted by molar-refractivity contribution is 1.37. The molecule has 0 aliphatic carbocycles. The molecule has 0 amide bonds. The molecule has 0 saturated heterocycles. The Bertz CT molecular complexity index is 449. The van der Waals surface area contributed by atoms with Gasteiger partial charge < -0.3 is 0 Å². The Kier molecular flexibility index (Phi) is 1.49. The summed E-state index contributed by atoms with van der Waals surface area (Å²) < 4.78 is 0. The van der Waals surface area contributed by atoms with Crippen molar-refractivity contribution in [3.05, 3.63) is 42.1 Å². The van der Waals surface area contributed by atoms with E-state index in [1.165, 1.54) is 0 Å². The zero-order valence-electron chi connectivity index (χ0n) is 6.28. The van der Waals surface area contributed by atoms with E-state index in [4.69, 9.17) is 5.26 Å². The first-order chi connectivity index (χ1) is 5.92. The Labute approximate surface area is 70.1 Å². The molecule has 1 heterocycles. The van der Waals surface area contributed by atoms with E-state index in [0.717, 1.165) is 10.9 Å². The maximum Gasteiger partial charge on any atom is 0.101 e. The van der Waals surface area contributed by atoms with Crippen molar-refractivity contribution in [1.29, 1.82) is 5.26 Å². The van der Waals surface area contributed by atoms with Crippen LogP contribution in [0.25, 0.3) is 10.9 Å². The van der Waals surface area contributed by atoms with Crippen molar-refractivity contribution in [2.24, 2.45) is 0 Å². The van der Waals surface area contributed by atoms with Gasteiger partial charge in [0.15, 0.2) is 0 Å². The number of hydrogen-bond donors (Lipinski definition) is 0. The molecule has 0 unspecified atom stereocenters. The number of benzene rings is 1. The minimum Gasteiger partial charge on any atom is -0.245 e. The molecule has 0 spiro atoms. The van der Waals surface area contributed by atoms with E-state index in [2.05, 4.69) is 17.3 Å². The van der Waals surface area contributed by atoms with Crippen LogP contribution in [0.2, 0.25) is 0 Å². The van der Waals surface area contributed by atoms with Crippen molar-refractivity contribution >= 4 is 10.9 Å². The van der Waals surface area contributed by atoms with Crippen LogP contribution in [0.4, 0.5) is 0 Å². The summed E-state index contributed by atoms with van der Waals surface area (Å²) in [6, 6.07) is 11.2. The van der Waals surface area contributed by atoms with E-state index in [-0.39, 0.29) is 0 Å². The largest absolute Gasteiger partial charge is 0.245 e. The van der Waals surface area contributed by atoms with Gasteiger partial charge in [-0.15, -0.1) is 0 Å². The molecule has 0 aliphatic heterocycles. The maximum atomic E-state index is 8.73. The summed E-state index contributed by atoms with van der Waals surface area (Å²) in [5, 5.41) is 9.71. The van der Waals surface area contributed by atoms with Crippen molar-refractivity contribution < 1.29 is 0 Å². The number of nitriles is 1. The molecule has 2 aromatic rings. The molecule has 1 aromatic carbocycles. The summed E-state index contributed by atoms with van der Waals surface area (Å²) in [6.45, 7) is 0. The van der Waals surface area contributed by atoms with Crippen molar-refractivity contribution in [2.45, 2.75) is 0 Å². The van der Waals surface area contributed by atoms with Crippen LogP contribution in [0, 0.1) is 17.5 Å². The molecule has 2 heteroatoms. The second kappa shape index (κ2) is 2.63. The molecular weight excluding hydrogens is 148 g/mol. The van der Waals surface area contributed by atoms with Crippen LogP contribution >= 0.6 is 0 Å². The van der Waals surface area contributed by atoms with Gasteiger partial charge in [0.2, 0.25) is 0 Å². The lowest BCUT2D eigenvalue weighted by atomic mass is 10.1. The van der Waals surface area contributed by atoms with Crippen LogP contribution in [-0.4, -0.2) is 4.98 Å². The average molecular weight is 153 g/mol. The fraction of sp³-hybridized carbons (Fsp3) is 0. The Morgan fingerprint density at radius 2 is 2.25 bits per heavy atom. The Balaban J connectivity index is 2.91. The van der Waals surface area contributed by atoms with Crippen LogP contribution < -0.4 is 0 Å². The van der Waals surface area contributed by atoms with Gasteiger partial charge >= 0.3 is 0 Å². The van der Waals surface area contributed by atoms with Crippen LogP contribution in [0.5, 0.6) is 0 Å². The third-order valence-electron chi connectivity index (χ3n) is 1.70. The number of pyridine rings is 1. The number of nitrogens with zero attached hydrogens (tertiary/aromatic N) is 2. The highest BCUT2D eigenvalue weighted by Crippen LogP contribution is 2.13. The van der Waals surface area contributed by atoms with E-state index in [1.54, 1.807) is 12.1 Å². The summed E-state index contributed by atoms with van der Waals surface area (Å²) in [5.74, 6) is 0. The molecule has 2 nitrogen and oxygen atoms in total. The standard InChI is InChI=1S/C10H5N2/c11-7-9-4-1-3-8-5-2-6-12-10(8)9/h1-5H. The van der Waals surface area contributed by atoms with Gasteiger partial charge in [0, 0.05) is 5.39 Å². The maximum absolute atomic E-state index is 8.73. The monoisotopic (exact) mass is 153 g/mol.